The van der Waals surface area contributed by atoms with Gasteiger partial charge in [0.1, 0.15) is 5.82 Å². The second-order valence-electron chi connectivity index (χ2n) is 8.23. The zero-order valence-electron chi connectivity index (χ0n) is 18.3. The molecule has 0 bridgehead atoms. The number of piperazine rings is 1. The molecular weight excluding hydrogens is 464 g/mol. The lowest BCUT2D eigenvalue weighted by Gasteiger charge is -2.35. The second kappa shape index (κ2) is 8.47. The van der Waals surface area contributed by atoms with Crippen LogP contribution in [-0.2, 0) is 10.0 Å². The van der Waals surface area contributed by atoms with Crippen molar-refractivity contribution in [3.63, 3.8) is 0 Å². The summed E-state index contributed by atoms with van der Waals surface area (Å²) >= 11 is 1.61. The van der Waals surface area contributed by atoms with E-state index in [-0.39, 0.29) is 0 Å². The van der Waals surface area contributed by atoms with Gasteiger partial charge in [0.25, 0.3) is 0 Å². The van der Waals surface area contributed by atoms with Crippen LogP contribution >= 0.6 is 11.3 Å². The summed E-state index contributed by atoms with van der Waals surface area (Å²) < 4.78 is 28.7. The molecule has 170 valence electrons. The molecule has 0 atom stereocenters. The normalized spacial score (nSPS) is 15.2. The predicted molar refractivity (Wildman–Crippen MR) is 138 cm³/mol. The molecule has 0 amide bonds. The van der Waals surface area contributed by atoms with E-state index in [0.29, 0.717) is 36.9 Å². The van der Waals surface area contributed by atoms with Gasteiger partial charge in [0, 0.05) is 37.0 Å². The lowest BCUT2D eigenvalue weighted by molar-refractivity contribution is 0.384. The van der Waals surface area contributed by atoms with Crippen LogP contribution in [0.3, 0.4) is 0 Å². The molecule has 8 heteroatoms. The average Bonchev–Trinajstić information content (AvgIpc) is 3.43. The monoisotopic (exact) mass is 486 g/mol. The van der Waals surface area contributed by atoms with Crippen molar-refractivity contribution in [2.24, 2.45) is 0 Å². The lowest BCUT2D eigenvalue weighted by atomic mass is 10.1. The van der Waals surface area contributed by atoms with Crippen LogP contribution in [0.4, 0.5) is 5.82 Å². The van der Waals surface area contributed by atoms with Crippen LogP contribution in [0.5, 0.6) is 0 Å². The van der Waals surface area contributed by atoms with Gasteiger partial charge in [-0.25, -0.2) is 18.4 Å². The summed E-state index contributed by atoms with van der Waals surface area (Å²) in [5.74, 6) is 1.56. The van der Waals surface area contributed by atoms with Gasteiger partial charge in [-0.05, 0) is 35.0 Å². The molecule has 5 aromatic rings. The maximum absolute atomic E-state index is 13.5. The van der Waals surface area contributed by atoms with Gasteiger partial charge in [-0.2, -0.15) is 4.31 Å². The molecule has 3 heterocycles. The van der Waals surface area contributed by atoms with Crippen molar-refractivity contribution in [2.75, 3.05) is 31.1 Å². The zero-order valence-corrected chi connectivity index (χ0v) is 20.0. The Morgan fingerprint density at radius 3 is 2.26 bits per heavy atom. The third-order valence-corrected chi connectivity index (χ3v) is 9.05. The summed E-state index contributed by atoms with van der Waals surface area (Å²) in [5.41, 5.74) is 0.890. The maximum atomic E-state index is 13.5. The molecule has 6 rings (SSSR count). The fraction of sp³-hybridized carbons (Fsp3) is 0.154. The molecule has 0 unspecified atom stereocenters. The van der Waals surface area contributed by atoms with Crippen LogP contribution < -0.4 is 4.90 Å². The molecular formula is C26H22N4O2S2. The first kappa shape index (κ1) is 21.2. The van der Waals surface area contributed by atoms with E-state index in [4.69, 9.17) is 9.97 Å². The number of thiophene rings is 1. The second-order valence-corrected chi connectivity index (χ2v) is 11.1. The van der Waals surface area contributed by atoms with Crippen molar-refractivity contribution in [3.8, 4) is 10.7 Å². The SMILES string of the molecule is O=S(=O)(c1cccc2ccccc12)N1CCN(c2nc(-c3cccs3)nc3ccccc23)CC1. The van der Waals surface area contributed by atoms with Crippen LogP contribution in [-0.4, -0.2) is 48.9 Å². The summed E-state index contributed by atoms with van der Waals surface area (Å²) in [6.45, 7) is 1.93. The van der Waals surface area contributed by atoms with Gasteiger partial charge < -0.3 is 4.90 Å². The number of hydrogen-bond donors (Lipinski definition) is 0. The highest BCUT2D eigenvalue weighted by Crippen LogP contribution is 2.31. The van der Waals surface area contributed by atoms with Gasteiger partial charge in [0.2, 0.25) is 10.0 Å². The summed E-state index contributed by atoms with van der Waals surface area (Å²) in [6, 6.07) is 25.1. The molecule has 0 saturated carbocycles. The Hall–Kier alpha value is -3.33. The molecule has 0 N–H and O–H groups in total. The van der Waals surface area contributed by atoms with Crippen molar-refractivity contribution in [2.45, 2.75) is 4.90 Å². The van der Waals surface area contributed by atoms with Gasteiger partial charge in [-0.3, -0.25) is 0 Å². The lowest BCUT2D eigenvalue weighted by Crippen LogP contribution is -2.49. The number of hydrogen-bond acceptors (Lipinski definition) is 6. The van der Waals surface area contributed by atoms with E-state index >= 15 is 0 Å². The van der Waals surface area contributed by atoms with E-state index in [1.165, 1.54) is 0 Å². The molecule has 1 aliphatic rings. The van der Waals surface area contributed by atoms with E-state index in [1.54, 1.807) is 21.7 Å². The number of anilines is 1. The Labute approximate surface area is 202 Å². The van der Waals surface area contributed by atoms with E-state index in [9.17, 15) is 8.42 Å². The summed E-state index contributed by atoms with van der Waals surface area (Å²) in [4.78, 5) is 13.2. The largest absolute Gasteiger partial charge is 0.353 e. The minimum absolute atomic E-state index is 0.367. The number of nitrogens with zero attached hydrogens (tertiary/aromatic N) is 4. The molecule has 3 aromatic carbocycles. The first-order chi connectivity index (χ1) is 16.6. The fourth-order valence-corrected chi connectivity index (χ4v) is 6.81. The quantitative estimate of drug-likeness (QED) is 0.357. The van der Waals surface area contributed by atoms with Crippen molar-refractivity contribution in [1.29, 1.82) is 0 Å². The van der Waals surface area contributed by atoms with Crippen LogP contribution in [0.25, 0.3) is 32.4 Å². The van der Waals surface area contributed by atoms with Gasteiger partial charge >= 0.3 is 0 Å². The number of para-hydroxylation sites is 1. The molecule has 1 fully saturated rings. The highest BCUT2D eigenvalue weighted by molar-refractivity contribution is 7.89. The first-order valence-corrected chi connectivity index (χ1v) is 13.5. The van der Waals surface area contributed by atoms with Crippen molar-refractivity contribution in [1.82, 2.24) is 14.3 Å². The van der Waals surface area contributed by atoms with Crippen molar-refractivity contribution < 1.29 is 8.42 Å². The Bertz CT molecular complexity index is 1590. The molecule has 1 aliphatic heterocycles. The standard InChI is InChI=1S/C26H22N4O2S2/c31-34(32,24-13-5-8-19-7-1-2-9-20(19)24)30-16-14-29(15-17-30)26-21-10-3-4-11-22(21)27-25(28-26)23-12-6-18-33-23/h1-13,18H,14-17H2. The zero-order chi connectivity index (χ0) is 23.1. The fourth-order valence-electron chi connectivity index (χ4n) is 4.52. The smallest absolute Gasteiger partial charge is 0.243 e. The Kier molecular flexibility index (Phi) is 5.28. The van der Waals surface area contributed by atoms with E-state index in [1.807, 2.05) is 78.2 Å². The number of fused-ring (bicyclic) bond motifs is 2. The predicted octanol–water partition coefficient (Wildman–Crippen LogP) is 5.02. The molecule has 34 heavy (non-hydrogen) atoms. The number of benzene rings is 3. The summed E-state index contributed by atoms with van der Waals surface area (Å²) in [5, 5.41) is 4.68. The van der Waals surface area contributed by atoms with Gasteiger partial charge in [-0.15, -0.1) is 11.3 Å². The Morgan fingerprint density at radius 1 is 0.735 bits per heavy atom. The third-order valence-electron chi connectivity index (χ3n) is 6.23. The van der Waals surface area contributed by atoms with Gasteiger partial charge in [0.05, 0.1) is 15.3 Å². The number of rotatable bonds is 4. The molecule has 2 aromatic heterocycles. The molecule has 0 radical (unpaired) electrons. The average molecular weight is 487 g/mol. The molecule has 0 aliphatic carbocycles. The summed E-state index contributed by atoms with van der Waals surface area (Å²) in [6.07, 6.45) is 0. The van der Waals surface area contributed by atoms with E-state index in [2.05, 4.69) is 4.90 Å². The Morgan fingerprint density at radius 2 is 1.47 bits per heavy atom. The van der Waals surface area contributed by atoms with Crippen LogP contribution in [0.15, 0.2) is 89.1 Å². The van der Waals surface area contributed by atoms with Crippen molar-refractivity contribution >= 4 is 48.9 Å². The van der Waals surface area contributed by atoms with E-state index in [0.717, 1.165) is 32.4 Å². The molecule has 1 saturated heterocycles. The third kappa shape index (κ3) is 3.64. The highest BCUT2D eigenvalue weighted by Gasteiger charge is 2.30. The highest BCUT2D eigenvalue weighted by atomic mass is 32.2. The maximum Gasteiger partial charge on any atom is 0.243 e. The molecule has 6 nitrogen and oxygen atoms in total. The minimum atomic E-state index is -3.60. The molecule has 0 spiro atoms. The Balaban J connectivity index is 1.32. The summed E-state index contributed by atoms with van der Waals surface area (Å²) in [7, 11) is -3.60. The topological polar surface area (TPSA) is 66.4 Å². The number of aromatic nitrogens is 2. The minimum Gasteiger partial charge on any atom is -0.353 e. The van der Waals surface area contributed by atoms with Crippen LogP contribution in [0, 0.1) is 0 Å². The van der Waals surface area contributed by atoms with E-state index < -0.39 is 10.0 Å². The van der Waals surface area contributed by atoms with Gasteiger partial charge in [-0.1, -0.05) is 54.6 Å². The number of sulfonamides is 1. The van der Waals surface area contributed by atoms with Crippen LogP contribution in [0.2, 0.25) is 0 Å². The van der Waals surface area contributed by atoms with Crippen molar-refractivity contribution in [3.05, 3.63) is 84.2 Å². The van der Waals surface area contributed by atoms with Gasteiger partial charge in [0.15, 0.2) is 5.82 Å². The van der Waals surface area contributed by atoms with Crippen LogP contribution in [0.1, 0.15) is 0 Å². The first-order valence-electron chi connectivity index (χ1n) is 11.1.